The van der Waals surface area contributed by atoms with E-state index in [9.17, 15) is 8.42 Å². The van der Waals surface area contributed by atoms with Gasteiger partial charge in [-0.05, 0) is 30.2 Å². The minimum Gasteiger partial charge on any atom is -0.399 e. The summed E-state index contributed by atoms with van der Waals surface area (Å²) >= 11 is 0. The minimum atomic E-state index is -3.10. The Labute approximate surface area is 76.8 Å². The number of nitrogens with one attached hydrogen (secondary N) is 1. The first-order chi connectivity index (χ1) is 6.07. The molecule has 0 fully saturated rings. The largest absolute Gasteiger partial charge is 0.399 e. The molecule has 0 amide bonds. The molecule has 1 aliphatic rings. The van der Waals surface area contributed by atoms with Crippen molar-refractivity contribution in [2.75, 3.05) is 16.2 Å². The molecule has 0 unspecified atom stereocenters. The first-order valence-electron chi connectivity index (χ1n) is 3.96. The van der Waals surface area contributed by atoms with Crippen LogP contribution in [0.1, 0.15) is 5.56 Å². The fraction of sp³-hybridized carbons (Fsp3) is 0.250. The van der Waals surface area contributed by atoms with Gasteiger partial charge in [0.1, 0.15) is 0 Å². The predicted molar refractivity (Wildman–Crippen MR) is 52.0 cm³/mol. The number of rotatable bonds is 0. The van der Waals surface area contributed by atoms with Crippen molar-refractivity contribution in [1.29, 1.82) is 0 Å². The average Bonchev–Trinajstić information content (AvgIpc) is 2.05. The predicted octanol–water partition coefficient (Wildman–Crippen LogP) is 0.567. The van der Waals surface area contributed by atoms with Gasteiger partial charge in [0.2, 0.25) is 10.0 Å². The van der Waals surface area contributed by atoms with Crippen LogP contribution in [0.3, 0.4) is 0 Å². The van der Waals surface area contributed by atoms with Crippen molar-refractivity contribution < 1.29 is 8.42 Å². The number of sulfonamides is 1. The van der Waals surface area contributed by atoms with Crippen molar-refractivity contribution in [2.24, 2.45) is 0 Å². The molecule has 3 N–H and O–H groups in total. The summed E-state index contributed by atoms with van der Waals surface area (Å²) in [7, 11) is -3.10. The number of fused-ring (bicyclic) bond motifs is 1. The smallest absolute Gasteiger partial charge is 0.233 e. The highest BCUT2D eigenvalue weighted by Gasteiger charge is 2.19. The molecule has 2 rings (SSSR count). The summed E-state index contributed by atoms with van der Waals surface area (Å²) in [6.07, 6.45) is 0.537. The zero-order valence-corrected chi connectivity index (χ0v) is 7.76. The van der Waals surface area contributed by atoms with Gasteiger partial charge in [-0.3, -0.25) is 4.72 Å². The first kappa shape index (κ1) is 8.37. The minimum absolute atomic E-state index is 0.142. The van der Waals surface area contributed by atoms with Crippen LogP contribution in [0.25, 0.3) is 0 Å². The maximum atomic E-state index is 11.2. The van der Waals surface area contributed by atoms with Gasteiger partial charge in [-0.25, -0.2) is 8.42 Å². The van der Waals surface area contributed by atoms with Crippen LogP contribution >= 0.6 is 0 Å². The Balaban J connectivity index is 2.48. The van der Waals surface area contributed by atoms with Crippen LogP contribution in [0.5, 0.6) is 0 Å². The van der Waals surface area contributed by atoms with Gasteiger partial charge >= 0.3 is 0 Å². The third kappa shape index (κ3) is 1.60. The highest BCUT2D eigenvalue weighted by molar-refractivity contribution is 7.92. The van der Waals surface area contributed by atoms with Gasteiger partial charge in [0.25, 0.3) is 0 Å². The van der Waals surface area contributed by atoms with Crippen LogP contribution in [-0.4, -0.2) is 14.2 Å². The zero-order chi connectivity index (χ0) is 9.47. The van der Waals surface area contributed by atoms with Gasteiger partial charge in [-0.1, -0.05) is 0 Å². The molecule has 0 saturated carbocycles. The third-order valence-electron chi connectivity index (χ3n) is 2.03. The molecule has 1 heterocycles. The van der Waals surface area contributed by atoms with Crippen molar-refractivity contribution >= 4 is 21.4 Å². The van der Waals surface area contributed by atoms with Crippen molar-refractivity contribution in [1.82, 2.24) is 0 Å². The van der Waals surface area contributed by atoms with Crippen LogP contribution in [0.4, 0.5) is 11.4 Å². The number of nitrogen functional groups attached to an aromatic ring is 1. The summed E-state index contributed by atoms with van der Waals surface area (Å²) in [5.74, 6) is 0.142. The van der Waals surface area contributed by atoms with E-state index in [-0.39, 0.29) is 5.75 Å². The monoisotopic (exact) mass is 198 g/mol. The Bertz CT molecular complexity index is 439. The molecule has 0 aliphatic carbocycles. The lowest BCUT2D eigenvalue weighted by molar-refractivity contribution is 0.599. The lowest BCUT2D eigenvalue weighted by Crippen LogP contribution is -2.24. The highest BCUT2D eigenvalue weighted by Crippen LogP contribution is 2.24. The van der Waals surface area contributed by atoms with Crippen LogP contribution in [0, 0.1) is 0 Å². The van der Waals surface area contributed by atoms with Crippen molar-refractivity contribution in [2.45, 2.75) is 6.42 Å². The van der Waals surface area contributed by atoms with Crippen LogP contribution < -0.4 is 10.5 Å². The number of aryl methyl sites for hydroxylation is 1. The normalized spacial score (nSPS) is 18.8. The molecular formula is C8H10N2O2S. The Hall–Kier alpha value is -1.23. The topological polar surface area (TPSA) is 72.2 Å². The summed E-state index contributed by atoms with van der Waals surface area (Å²) in [5, 5.41) is 0. The average molecular weight is 198 g/mol. The van der Waals surface area contributed by atoms with E-state index < -0.39 is 10.0 Å². The maximum absolute atomic E-state index is 11.2. The van der Waals surface area contributed by atoms with Gasteiger partial charge in [0.15, 0.2) is 0 Å². The molecule has 0 atom stereocenters. The molecule has 5 heteroatoms. The second-order valence-corrected chi connectivity index (χ2v) is 4.93. The van der Waals surface area contributed by atoms with Crippen molar-refractivity contribution in [3.8, 4) is 0 Å². The lowest BCUT2D eigenvalue weighted by atomic mass is 10.1. The highest BCUT2D eigenvalue weighted by atomic mass is 32.2. The van der Waals surface area contributed by atoms with Gasteiger partial charge in [0.05, 0.1) is 11.4 Å². The summed E-state index contributed by atoms with van der Waals surface area (Å²) in [4.78, 5) is 0. The lowest BCUT2D eigenvalue weighted by Gasteiger charge is -2.18. The Morgan fingerprint density at radius 2 is 2.15 bits per heavy atom. The van der Waals surface area contributed by atoms with E-state index in [4.69, 9.17) is 5.73 Å². The molecule has 0 aromatic heterocycles. The second-order valence-electron chi connectivity index (χ2n) is 3.09. The maximum Gasteiger partial charge on any atom is 0.233 e. The number of hydrogen-bond donors (Lipinski definition) is 2. The first-order valence-corrected chi connectivity index (χ1v) is 5.61. The summed E-state index contributed by atoms with van der Waals surface area (Å²) in [5.41, 5.74) is 7.86. The van der Waals surface area contributed by atoms with Gasteiger partial charge < -0.3 is 5.73 Å². The number of nitrogens with two attached hydrogens (primary N) is 1. The Kier molecular flexibility index (Phi) is 1.69. The molecule has 4 nitrogen and oxygen atoms in total. The molecule has 1 aromatic rings. The van der Waals surface area contributed by atoms with Crippen molar-refractivity contribution in [3.05, 3.63) is 23.8 Å². The summed E-state index contributed by atoms with van der Waals surface area (Å²) in [6.45, 7) is 0. The van der Waals surface area contributed by atoms with E-state index >= 15 is 0 Å². The molecule has 0 saturated heterocycles. The fourth-order valence-electron chi connectivity index (χ4n) is 1.38. The van der Waals surface area contributed by atoms with Crippen LogP contribution in [0.15, 0.2) is 18.2 Å². The molecule has 0 bridgehead atoms. The molecule has 0 spiro atoms. The molecule has 0 radical (unpaired) electrons. The fourth-order valence-corrected chi connectivity index (χ4v) is 2.51. The summed E-state index contributed by atoms with van der Waals surface area (Å²) < 4.78 is 24.8. The molecular weight excluding hydrogens is 188 g/mol. The SMILES string of the molecule is Nc1ccc2c(c1)CCS(=O)(=O)N2. The number of anilines is 2. The second kappa shape index (κ2) is 2.63. The van der Waals surface area contributed by atoms with Gasteiger partial charge in [0, 0.05) is 5.69 Å². The van der Waals surface area contributed by atoms with E-state index in [0.29, 0.717) is 17.8 Å². The van der Waals surface area contributed by atoms with E-state index in [1.807, 2.05) is 0 Å². The number of hydrogen-bond acceptors (Lipinski definition) is 3. The standard InChI is InChI=1S/C8H10N2O2S/c9-7-1-2-8-6(5-7)3-4-13(11,12)10-8/h1-2,5,10H,3-4,9H2. The zero-order valence-electron chi connectivity index (χ0n) is 6.95. The number of benzene rings is 1. The molecule has 1 aromatic carbocycles. The van der Waals surface area contributed by atoms with Crippen LogP contribution in [-0.2, 0) is 16.4 Å². The Morgan fingerprint density at radius 1 is 1.38 bits per heavy atom. The van der Waals surface area contributed by atoms with Crippen molar-refractivity contribution in [3.63, 3.8) is 0 Å². The van der Waals surface area contributed by atoms with E-state index in [1.54, 1.807) is 18.2 Å². The molecule has 70 valence electrons. The van der Waals surface area contributed by atoms with Gasteiger partial charge in [-0.15, -0.1) is 0 Å². The summed E-state index contributed by atoms with van der Waals surface area (Å²) in [6, 6.07) is 5.19. The van der Waals surface area contributed by atoms with Crippen LogP contribution in [0.2, 0.25) is 0 Å². The molecule has 13 heavy (non-hydrogen) atoms. The van der Waals surface area contributed by atoms with Gasteiger partial charge in [-0.2, -0.15) is 0 Å². The Morgan fingerprint density at radius 3 is 2.92 bits per heavy atom. The van der Waals surface area contributed by atoms with E-state index in [0.717, 1.165) is 5.56 Å². The van der Waals surface area contributed by atoms with E-state index in [2.05, 4.69) is 4.72 Å². The third-order valence-corrected chi connectivity index (χ3v) is 3.31. The molecule has 1 aliphatic heterocycles. The quantitative estimate of drug-likeness (QED) is 0.598. The van der Waals surface area contributed by atoms with E-state index in [1.165, 1.54) is 0 Å².